The molecule has 1 aromatic heterocycles. The zero-order valence-electron chi connectivity index (χ0n) is 20.4. The van der Waals surface area contributed by atoms with Crippen LogP contribution in [0.1, 0.15) is 53.6 Å². The van der Waals surface area contributed by atoms with Crippen molar-refractivity contribution in [2.75, 3.05) is 12.9 Å². The van der Waals surface area contributed by atoms with E-state index >= 15 is 0 Å². The highest BCUT2D eigenvalue weighted by molar-refractivity contribution is 7.99. The minimum absolute atomic E-state index is 0.00259. The molecule has 7 nitrogen and oxygen atoms in total. The quantitative estimate of drug-likeness (QED) is 0.389. The second-order valence-electron chi connectivity index (χ2n) is 8.46. The smallest absolute Gasteiger partial charge is 0.417 e. The van der Waals surface area contributed by atoms with E-state index in [1.54, 1.807) is 18.2 Å². The number of pyridine rings is 1. The number of methoxy groups -OCH3 is 1. The fourth-order valence-corrected chi connectivity index (χ4v) is 4.87. The average molecular weight is 529 g/mol. The number of nitrogens with two attached hydrogens (primary N) is 1. The van der Waals surface area contributed by atoms with Crippen molar-refractivity contribution in [2.45, 2.75) is 43.8 Å². The molecule has 0 aliphatic carbocycles. The first-order valence-corrected chi connectivity index (χ1v) is 12.0. The standard InChI is InChI=1S/C26H23F3N4O3S/c1-13(2)15-5-7-16(8-6-15)21-18(11-31)23(32)36-20(22(21)25(34)35-4)12-37-24-17(10-30)19(26(27,28)29)9-14(3)33-24/h5-9,13,21H,12,32H2,1-4H3. The number of nitrogens with zero attached hydrogens (tertiary/aromatic N) is 3. The van der Waals surface area contributed by atoms with Gasteiger partial charge in [0.1, 0.15) is 28.5 Å². The number of carbonyl (C=O) groups is 1. The van der Waals surface area contributed by atoms with E-state index < -0.39 is 29.2 Å². The van der Waals surface area contributed by atoms with Crippen molar-refractivity contribution in [3.05, 3.63) is 81.1 Å². The first-order chi connectivity index (χ1) is 17.4. The van der Waals surface area contributed by atoms with Crippen molar-refractivity contribution >= 4 is 17.7 Å². The summed E-state index contributed by atoms with van der Waals surface area (Å²) in [5.41, 5.74) is 5.97. The van der Waals surface area contributed by atoms with E-state index in [-0.39, 0.29) is 45.2 Å². The number of allylic oxidation sites excluding steroid dienone is 1. The van der Waals surface area contributed by atoms with Crippen LogP contribution in [0.3, 0.4) is 0 Å². The molecule has 1 unspecified atom stereocenters. The molecular weight excluding hydrogens is 505 g/mol. The molecule has 0 saturated heterocycles. The van der Waals surface area contributed by atoms with Gasteiger partial charge in [-0.2, -0.15) is 23.7 Å². The summed E-state index contributed by atoms with van der Waals surface area (Å²) in [6.07, 6.45) is -4.76. The highest BCUT2D eigenvalue weighted by Gasteiger charge is 2.38. The lowest BCUT2D eigenvalue weighted by Gasteiger charge is -2.28. The number of alkyl halides is 3. The largest absolute Gasteiger partial charge is 0.466 e. The molecule has 0 amide bonds. The molecule has 2 heterocycles. The first-order valence-electron chi connectivity index (χ1n) is 11.0. The molecule has 192 valence electrons. The molecule has 3 rings (SSSR count). The van der Waals surface area contributed by atoms with Crippen molar-refractivity contribution < 1.29 is 27.4 Å². The van der Waals surface area contributed by atoms with Crippen LogP contribution in [-0.2, 0) is 20.4 Å². The Bertz CT molecular complexity index is 1370. The summed E-state index contributed by atoms with van der Waals surface area (Å²) >= 11 is 0.783. The van der Waals surface area contributed by atoms with Crippen molar-refractivity contribution in [3.8, 4) is 12.1 Å². The Labute approximate surface area is 216 Å². The van der Waals surface area contributed by atoms with Crippen molar-refractivity contribution in [2.24, 2.45) is 5.73 Å². The third-order valence-corrected chi connectivity index (χ3v) is 6.69. The van der Waals surface area contributed by atoms with Gasteiger partial charge < -0.3 is 15.2 Å². The third-order valence-electron chi connectivity index (χ3n) is 5.71. The SMILES string of the molecule is COC(=O)C1=C(CSc2nc(C)cc(C(F)(F)F)c2C#N)OC(N)=C(C#N)C1c1ccc(C(C)C)cc1. The van der Waals surface area contributed by atoms with Gasteiger partial charge in [-0.25, -0.2) is 9.78 Å². The number of thioether (sulfide) groups is 1. The van der Waals surface area contributed by atoms with Gasteiger partial charge in [0.15, 0.2) is 0 Å². The maximum atomic E-state index is 13.5. The lowest BCUT2D eigenvalue weighted by Crippen LogP contribution is -2.26. The number of aromatic nitrogens is 1. The molecule has 0 bridgehead atoms. The van der Waals surface area contributed by atoms with Gasteiger partial charge in [0, 0.05) is 5.69 Å². The van der Waals surface area contributed by atoms with Crippen LogP contribution in [0.15, 0.2) is 58.1 Å². The molecule has 0 fully saturated rings. The summed E-state index contributed by atoms with van der Waals surface area (Å²) < 4.78 is 51.1. The van der Waals surface area contributed by atoms with E-state index in [4.69, 9.17) is 15.2 Å². The number of esters is 1. The van der Waals surface area contributed by atoms with Crippen molar-refractivity contribution in [1.29, 1.82) is 10.5 Å². The number of carbonyl (C=O) groups excluding carboxylic acids is 1. The van der Waals surface area contributed by atoms with Gasteiger partial charge in [0.25, 0.3) is 0 Å². The fraction of sp³-hybridized carbons (Fsp3) is 0.308. The predicted molar refractivity (Wildman–Crippen MR) is 130 cm³/mol. The second kappa shape index (κ2) is 11.0. The van der Waals surface area contributed by atoms with E-state index in [1.165, 1.54) is 6.92 Å². The molecule has 0 saturated carbocycles. The minimum Gasteiger partial charge on any atom is -0.466 e. The number of rotatable bonds is 6. The number of halogens is 3. The lowest BCUT2D eigenvalue weighted by molar-refractivity contribution is -0.138. The Morgan fingerprint density at radius 3 is 2.41 bits per heavy atom. The Kier molecular flexibility index (Phi) is 8.19. The summed E-state index contributed by atoms with van der Waals surface area (Å²) in [5.74, 6) is -1.91. The molecule has 37 heavy (non-hydrogen) atoms. The lowest BCUT2D eigenvalue weighted by atomic mass is 9.82. The van der Waals surface area contributed by atoms with Crippen LogP contribution >= 0.6 is 11.8 Å². The van der Waals surface area contributed by atoms with Crippen LogP contribution < -0.4 is 5.73 Å². The fourth-order valence-electron chi connectivity index (χ4n) is 3.88. The van der Waals surface area contributed by atoms with Crippen LogP contribution in [-0.4, -0.2) is 23.8 Å². The highest BCUT2D eigenvalue weighted by Crippen LogP contribution is 2.42. The van der Waals surface area contributed by atoms with Gasteiger partial charge in [-0.15, -0.1) is 0 Å². The Morgan fingerprint density at radius 2 is 1.89 bits per heavy atom. The average Bonchev–Trinajstić information content (AvgIpc) is 2.85. The number of hydrogen-bond donors (Lipinski definition) is 1. The molecule has 1 aliphatic heterocycles. The van der Waals surface area contributed by atoms with E-state index in [0.29, 0.717) is 5.56 Å². The van der Waals surface area contributed by atoms with Crippen LogP contribution in [0.5, 0.6) is 0 Å². The number of nitriles is 2. The van der Waals surface area contributed by atoms with Gasteiger partial charge in [0.2, 0.25) is 5.88 Å². The summed E-state index contributed by atoms with van der Waals surface area (Å²) in [6, 6.07) is 11.7. The topological polar surface area (TPSA) is 122 Å². The molecule has 2 aromatic rings. The van der Waals surface area contributed by atoms with Gasteiger partial charge >= 0.3 is 12.1 Å². The van der Waals surface area contributed by atoms with Gasteiger partial charge in [-0.1, -0.05) is 49.9 Å². The molecule has 1 aromatic carbocycles. The Hall–Kier alpha value is -3.96. The molecular formula is C26H23F3N4O3S. The second-order valence-corrected chi connectivity index (χ2v) is 9.43. The summed E-state index contributed by atoms with van der Waals surface area (Å²) in [4.78, 5) is 17.0. The summed E-state index contributed by atoms with van der Waals surface area (Å²) in [7, 11) is 1.16. The van der Waals surface area contributed by atoms with Crippen molar-refractivity contribution in [3.63, 3.8) is 0 Å². The van der Waals surface area contributed by atoms with Crippen LogP contribution in [0, 0.1) is 29.6 Å². The molecule has 0 spiro atoms. The maximum absolute atomic E-state index is 13.5. The first kappa shape index (κ1) is 27.6. The predicted octanol–water partition coefficient (Wildman–Crippen LogP) is 5.43. The molecule has 1 aliphatic rings. The van der Waals surface area contributed by atoms with Crippen LogP contribution in [0.25, 0.3) is 0 Å². The number of benzene rings is 1. The number of hydrogen-bond acceptors (Lipinski definition) is 8. The van der Waals surface area contributed by atoms with Crippen LogP contribution in [0.4, 0.5) is 13.2 Å². The maximum Gasteiger partial charge on any atom is 0.417 e. The number of ether oxygens (including phenoxy) is 2. The number of aryl methyl sites for hydroxylation is 1. The highest BCUT2D eigenvalue weighted by atomic mass is 32.2. The van der Waals surface area contributed by atoms with Gasteiger partial charge in [-0.3, -0.25) is 0 Å². The summed E-state index contributed by atoms with van der Waals surface area (Å²) in [5, 5.41) is 19.1. The minimum atomic E-state index is -4.76. The third kappa shape index (κ3) is 5.73. The van der Waals surface area contributed by atoms with Crippen molar-refractivity contribution in [1.82, 2.24) is 4.98 Å². The molecule has 11 heteroatoms. The van der Waals surface area contributed by atoms with E-state index in [0.717, 1.165) is 30.5 Å². The Morgan fingerprint density at radius 1 is 1.24 bits per heavy atom. The van der Waals surface area contributed by atoms with E-state index in [9.17, 15) is 28.5 Å². The molecule has 1 atom stereocenters. The zero-order chi connectivity index (χ0) is 27.5. The van der Waals surface area contributed by atoms with E-state index in [2.05, 4.69) is 4.98 Å². The zero-order valence-corrected chi connectivity index (χ0v) is 21.3. The monoisotopic (exact) mass is 528 g/mol. The Balaban J connectivity index is 2.12. The van der Waals surface area contributed by atoms with E-state index in [1.807, 2.05) is 32.0 Å². The van der Waals surface area contributed by atoms with Crippen LogP contribution in [0.2, 0.25) is 0 Å². The van der Waals surface area contributed by atoms with Gasteiger partial charge in [-0.05, 0) is 30.0 Å². The van der Waals surface area contributed by atoms with Gasteiger partial charge in [0.05, 0.1) is 35.5 Å². The summed E-state index contributed by atoms with van der Waals surface area (Å²) in [6.45, 7) is 5.43. The molecule has 0 radical (unpaired) electrons. The molecule has 2 N–H and O–H groups in total. The normalized spacial score (nSPS) is 15.8.